The molecule has 1 aromatic heterocycles. The molecule has 0 fully saturated rings. The molecule has 3 rings (SSSR count). The lowest BCUT2D eigenvalue weighted by atomic mass is 9.98. The lowest BCUT2D eigenvalue weighted by Gasteiger charge is -2.24. The summed E-state index contributed by atoms with van der Waals surface area (Å²) in [6.07, 6.45) is -2.36. The van der Waals surface area contributed by atoms with E-state index in [0.29, 0.717) is 12.2 Å². The van der Waals surface area contributed by atoms with Gasteiger partial charge in [0.1, 0.15) is 12.4 Å². The highest BCUT2D eigenvalue weighted by atomic mass is 19.4. The number of halogens is 3. The van der Waals surface area contributed by atoms with Gasteiger partial charge in [-0.2, -0.15) is 13.2 Å². The van der Waals surface area contributed by atoms with Gasteiger partial charge in [-0.1, -0.05) is 43.7 Å². The van der Waals surface area contributed by atoms with Gasteiger partial charge >= 0.3 is 6.18 Å². The van der Waals surface area contributed by atoms with Crippen LogP contribution in [0.2, 0.25) is 0 Å². The standard InChI is InChI=1S/C24H27F3N4O2/c1-4-8-18(30(2)3)14-21-28-29-22(15-32)31(21)20-12-11-17(24(25,26)27)13-19(20)23(33)16-9-6-5-7-10-16/h5-7,9-13,18,32H,4,8,14-15H2,1-3H3. The first-order valence-electron chi connectivity index (χ1n) is 10.7. The topological polar surface area (TPSA) is 71.2 Å². The molecule has 176 valence electrons. The Balaban J connectivity index is 2.20. The highest BCUT2D eigenvalue weighted by Crippen LogP contribution is 2.33. The molecule has 0 saturated heterocycles. The molecule has 0 aliphatic rings. The maximum atomic E-state index is 13.5. The van der Waals surface area contributed by atoms with Crippen LogP contribution in [0.15, 0.2) is 48.5 Å². The van der Waals surface area contributed by atoms with E-state index in [-0.39, 0.29) is 28.7 Å². The summed E-state index contributed by atoms with van der Waals surface area (Å²) in [5.74, 6) is 0.0619. The lowest BCUT2D eigenvalue weighted by molar-refractivity contribution is -0.137. The van der Waals surface area contributed by atoms with Crippen molar-refractivity contribution in [1.82, 2.24) is 19.7 Å². The third-order valence-electron chi connectivity index (χ3n) is 5.55. The number of nitrogens with zero attached hydrogens (tertiary/aromatic N) is 4. The highest BCUT2D eigenvalue weighted by Gasteiger charge is 2.33. The van der Waals surface area contributed by atoms with Crippen molar-refractivity contribution in [1.29, 1.82) is 0 Å². The predicted molar refractivity (Wildman–Crippen MR) is 118 cm³/mol. The predicted octanol–water partition coefficient (Wildman–Crippen LogP) is 4.28. The number of aromatic nitrogens is 3. The van der Waals surface area contributed by atoms with Crippen molar-refractivity contribution in [2.75, 3.05) is 14.1 Å². The molecule has 2 aromatic carbocycles. The summed E-state index contributed by atoms with van der Waals surface area (Å²) in [5, 5.41) is 18.1. The summed E-state index contributed by atoms with van der Waals surface area (Å²) in [6.45, 7) is 1.58. The molecule has 1 heterocycles. The normalized spacial score (nSPS) is 12.8. The first-order chi connectivity index (χ1) is 15.7. The zero-order chi connectivity index (χ0) is 24.2. The Morgan fingerprint density at radius 3 is 2.33 bits per heavy atom. The first kappa shape index (κ1) is 24.6. The van der Waals surface area contributed by atoms with E-state index in [1.807, 2.05) is 19.0 Å². The lowest BCUT2D eigenvalue weighted by Crippen LogP contribution is -2.31. The van der Waals surface area contributed by atoms with Crippen LogP contribution in [0.1, 0.15) is 52.9 Å². The van der Waals surface area contributed by atoms with E-state index < -0.39 is 24.1 Å². The smallest absolute Gasteiger partial charge is 0.388 e. The molecule has 0 bridgehead atoms. The van der Waals surface area contributed by atoms with Gasteiger partial charge in [0.2, 0.25) is 0 Å². The largest absolute Gasteiger partial charge is 0.416 e. The van der Waals surface area contributed by atoms with Crippen LogP contribution in [-0.4, -0.2) is 50.7 Å². The second-order valence-electron chi connectivity index (χ2n) is 8.06. The molecular weight excluding hydrogens is 433 g/mol. The van der Waals surface area contributed by atoms with Crippen LogP contribution in [0.5, 0.6) is 0 Å². The van der Waals surface area contributed by atoms with Crippen molar-refractivity contribution in [3.63, 3.8) is 0 Å². The zero-order valence-corrected chi connectivity index (χ0v) is 18.8. The van der Waals surface area contributed by atoms with Gasteiger partial charge in [0.05, 0.1) is 11.3 Å². The van der Waals surface area contributed by atoms with E-state index in [0.717, 1.165) is 25.0 Å². The number of rotatable bonds is 9. The summed E-state index contributed by atoms with van der Waals surface area (Å²) >= 11 is 0. The van der Waals surface area contributed by atoms with E-state index in [1.165, 1.54) is 10.6 Å². The van der Waals surface area contributed by atoms with Crippen molar-refractivity contribution in [3.8, 4) is 5.69 Å². The number of ketones is 1. The van der Waals surface area contributed by atoms with E-state index in [4.69, 9.17) is 0 Å². The molecule has 0 radical (unpaired) electrons. The van der Waals surface area contributed by atoms with Crippen LogP contribution in [0, 0.1) is 0 Å². The Morgan fingerprint density at radius 2 is 1.76 bits per heavy atom. The molecule has 0 aliphatic heterocycles. The number of alkyl halides is 3. The van der Waals surface area contributed by atoms with Crippen molar-refractivity contribution in [3.05, 3.63) is 76.9 Å². The minimum Gasteiger partial charge on any atom is -0.388 e. The Labute approximate surface area is 190 Å². The van der Waals surface area contributed by atoms with E-state index in [9.17, 15) is 23.1 Å². The van der Waals surface area contributed by atoms with Crippen LogP contribution < -0.4 is 0 Å². The molecule has 1 atom stereocenters. The van der Waals surface area contributed by atoms with Gasteiger partial charge in [-0.15, -0.1) is 10.2 Å². The fourth-order valence-electron chi connectivity index (χ4n) is 3.79. The quantitative estimate of drug-likeness (QED) is 0.483. The van der Waals surface area contributed by atoms with Crippen LogP contribution in [0.25, 0.3) is 5.69 Å². The fraction of sp³-hybridized carbons (Fsp3) is 0.375. The molecule has 0 amide bonds. The van der Waals surface area contributed by atoms with Crippen molar-refractivity contribution >= 4 is 5.78 Å². The van der Waals surface area contributed by atoms with Gasteiger partial charge < -0.3 is 10.0 Å². The van der Waals surface area contributed by atoms with Crippen molar-refractivity contribution in [2.45, 2.75) is 45.0 Å². The summed E-state index contributed by atoms with van der Waals surface area (Å²) in [7, 11) is 3.88. The summed E-state index contributed by atoms with van der Waals surface area (Å²) in [4.78, 5) is 15.3. The SMILES string of the molecule is CCCC(Cc1nnc(CO)n1-c1ccc(C(F)(F)F)cc1C(=O)c1ccccc1)N(C)C. The molecule has 0 spiro atoms. The number of carbonyl (C=O) groups excluding carboxylic acids is 1. The Kier molecular flexibility index (Phi) is 7.65. The molecule has 33 heavy (non-hydrogen) atoms. The molecule has 3 aromatic rings. The number of hydrogen-bond acceptors (Lipinski definition) is 5. The highest BCUT2D eigenvalue weighted by molar-refractivity contribution is 6.11. The van der Waals surface area contributed by atoms with E-state index in [2.05, 4.69) is 17.1 Å². The third-order valence-corrected chi connectivity index (χ3v) is 5.55. The molecule has 0 aliphatic carbocycles. The average Bonchev–Trinajstić information content (AvgIpc) is 3.20. The second kappa shape index (κ2) is 10.3. The van der Waals surface area contributed by atoms with Crippen LogP contribution in [-0.2, 0) is 19.2 Å². The van der Waals surface area contributed by atoms with Crippen LogP contribution >= 0.6 is 0 Å². The number of benzene rings is 2. The molecule has 6 nitrogen and oxygen atoms in total. The molecular formula is C24H27F3N4O2. The third kappa shape index (κ3) is 5.48. The first-order valence-corrected chi connectivity index (χ1v) is 10.7. The maximum absolute atomic E-state index is 13.5. The average molecular weight is 461 g/mol. The van der Waals surface area contributed by atoms with E-state index >= 15 is 0 Å². The Bertz CT molecular complexity index is 1090. The second-order valence-corrected chi connectivity index (χ2v) is 8.06. The van der Waals surface area contributed by atoms with Gasteiger partial charge in [-0.25, -0.2) is 0 Å². The van der Waals surface area contributed by atoms with Crippen molar-refractivity contribution < 1.29 is 23.1 Å². The van der Waals surface area contributed by atoms with Gasteiger partial charge in [0, 0.05) is 23.6 Å². The monoisotopic (exact) mass is 460 g/mol. The number of aliphatic hydroxyl groups is 1. The number of hydrogen-bond donors (Lipinski definition) is 1. The Morgan fingerprint density at radius 1 is 1.09 bits per heavy atom. The van der Waals surface area contributed by atoms with Gasteiger partial charge in [-0.3, -0.25) is 9.36 Å². The van der Waals surface area contributed by atoms with Gasteiger partial charge in [-0.05, 0) is 38.7 Å². The van der Waals surface area contributed by atoms with Crippen molar-refractivity contribution in [2.24, 2.45) is 0 Å². The van der Waals surface area contributed by atoms with E-state index in [1.54, 1.807) is 30.3 Å². The fourth-order valence-corrected chi connectivity index (χ4v) is 3.79. The zero-order valence-electron chi connectivity index (χ0n) is 18.8. The molecule has 1 unspecified atom stereocenters. The van der Waals surface area contributed by atoms with Gasteiger partial charge in [0.25, 0.3) is 0 Å². The maximum Gasteiger partial charge on any atom is 0.416 e. The van der Waals surface area contributed by atoms with Crippen LogP contribution in [0.4, 0.5) is 13.2 Å². The van der Waals surface area contributed by atoms with Crippen LogP contribution in [0.3, 0.4) is 0 Å². The minimum absolute atomic E-state index is 0.104. The molecule has 9 heteroatoms. The summed E-state index contributed by atoms with van der Waals surface area (Å²) in [6, 6.07) is 11.3. The Hall–Kier alpha value is -3.04. The molecule has 1 N–H and O–H groups in total. The number of aliphatic hydroxyl groups excluding tert-OH is 1. The summed E-state index contributed by atoms with van der Waals surface area (Å²) in [5.41, 5.74) is -0.600. The number of carbonyl (C=O) groups is 1. The number of likely N-dealkylation sites (N-methyl/N-ethyl adjacent to an activating group) is 1. The minimum atomic E-state index is -4.61. The van der Waals surface area contributed by atoms with Gasteiger partial charge in [0.15, 0.2) is 11.6 Å². The molecule has 0 saturated carbocycles. The summed E-state index contributed by atoms with van der Waals surface area (Å²) < 4.78 is 42.0.